The Hall–Kier alpha value is -0.610. The topological polar surface area (TPSA) is 67.1 Å². The molecule has 1 aliphatic rings. The first-order valence-corrected chi connectivity index (χ1v) is 5.52. The molecular formula is C10H21N3O. The van der Waals surface area contributed by atoms with E-state index < -0.39 is 0 Å². The summed E-state index contributed by atoms with van der Waals surface area (Å²) in [6.45, 7) is 2.89. The predicted molar refractivity (Wildman–Crippen MR) is 56.4 cm³/mol. The van der Waals surface area contributed by atoms with Crippen molar-refractivity contribution in [1.82, 2.24) is 10.9 Å². The van der Waals surface area contributed by atoms with Crippen molar-refractivity contribution >= 4 is 5.91 Å². The van der Waals surface area contributed by atoms with E-state index >= 15 is 0 Å². The summed E-state index contributed by atoms with van der Waals surface area (Å²) < 4.78 is 0. The first-order chi connectivity index (χ1) is 6.74. The van der Waals surface area contributed by atoms with Gasteiger partial charge in [-0.25, -0.2) is 5.43 Å². The summed E-state index contributed by atoms with van der Waals surface area (Å²) in [5.74, 6) is 0.219. The lowest BCUT2D eigenvalue weighted by molar-refractivity contribution is -0.127. The van der Waals surface area contributed by atoms with Crippen molar-refractivity contribution in [3.8, 4) is 0 Å². The number of rotatable bonds is 4. The third-order valence-electron chi connectivity index (χ3n) is 2.67. The number of amides is 1. The molecule has 4 N–H and O–H groups in total. The smallest absolute Gasteiger partial charge is 0.237 e. The fraction of sp³-hybridized carbons (Fsp3) is 0.900. The van der Waals surface area contributed by atoms with Crippen molar-refractivity contribution in [3.05, 3.63) is 0 Å². The molecular weight excluding hydrogens is 178 g/mol. The minimum absolute atomic E-state index is 0.105. The van der Waals surface area contributed by atoms with Gasteiger partial charge in [0.2, 0.25) is 5.91 Å². The molecule has 0 bridgehead atoms. The highest BCUT2D eigenvalue weighted by atomic mass is 16.2. The molecule has 14 heavy (non-hydrogen) atoms. The van der Waals surface area contributed by atoms with Crippen molar-refractivity contribution in [1.29, 1.82) is 0 Å². The largest absolute Gasteiger partial charge is 0.328 e. The third-order valence-corrected chi connectivity index (χ3v) is 2.67. The summed E-state index contributed by atoms with van der Waals surface area (Å²) in [7, 11) is 0. The zero-order valence-electron chi connectivity index (χ0n) is 8.88. The van der Waals surface area contributed by atoms with E-state index in [1.54, 1.807) is 0 Å². The van der Waals surface area contributed by atoms with Gasteiger partial charge in [0.1, 0.15) is 0 Å². The molecule has 1 amide bonds. The van der Waals surface area contributed by atoms with Gasteiger partial charge in [0.05, 0.1) is 0 Å². The van der Waals surface area contributed by atoms with Crippen LogP contribution in [-0.4, -0.2) is 18.5 Å². The van der Waals surface area contributed by atoms with E-state index in [4.69, 9.17) is 5.73 Å². The maximum absolute atomic E-state index is 11.6. The van der Waals surface area contributed by atoms with Crippen molar-refractivity contribution in [2.75, 3.05) is 6.54 Å². The monoisotopic (exact) mass is 199 g/mol. The van der Waals surface area contributed by atoms with Gasteiger partial charge in [-0.3, -0.25) is 10.2 Å². The second-order valence-electron chi connectivity index (χ2n) is 4.04. The summed E-state index contributed by atoms with van der Waals surface area (Å²) in [6.07, 6.45) is 4.97. The zero-order chi connectivity index (χ0) is 10.4. The molecule has 1 rings (SSSR count). The fourth-order valence-corrected chi connectivity index (χ4v) is 1.84. The van der Waals surface area contributed by atoms with Crippen LogP contribution in [0.15, 0.2) is 0 Å². The Labute approximate surface area is 85.6 Å². The van der Waals surface area contributed by atoms with Crippen LogP contribution in [0.1, 0.15) is 39.0 Å². The quantitative estimate of drug-likeness (QED) is 0.457. The lowest BCUT2D eigenvalue weighted by atomic mass is 9.86. The molecule has 4 nitrogen and oxygen atoms in total. The van der Waals surface area contributed by atoms with Gasteiger partial charge in [0.25, 0.3) is 0 Å². The molecule has 2 unspecified atom stereocenters. The molecule has 0 spiro atoms. The minimum Gasteiger partial charge on any atom is -0.328 e. The third kappa shape index (κ3) is 3.64. The number of carbonyl (C=O) groups is 1. The van der Waals surface area contributed by atoms with Crippen LogP contribution in [0.5, 0.6) is 0 Å². The van der Waals surface area contributed by atoms with Gasteiger partial charge >= 0.3 is 0 Å². The predicted octanol–water partition coefficient (Wildman–Crippen LogP) is 0.535. The van der Waals surface area contributed by atoms with Gasteiger partial charge in [-0.05, 0) is 25.7 Å². The number of carbonyl (C=O) groups excluding carboxylic acids is 1. The highest BCUT2D eigenvalue weighted by Gasteiger charge is 2.24. The summed E-state index contributed by atoms with van der Waals surface area (Å²) in [5, 5.41) is 0. The summed E-state index contributed by atoms with van der Waals surface area (Å²) >= 11 is 0. The Balaban J connectivity index is 2.22. The van der Waals surface area contributed by atoms with E-state index in [0.29, 0.717) is 0 Å². The van der Waals surface area contributed by atoms with Crippen LogP contribution in [0.4, 0.5) is 0 Å². The Bertz CT molecular complexity index is 184. The molecule has 0 aromatic carbocycles. The highest BCUT2D eigenvalue weighted by Crippen LogP contribution is 2.22. The van der Waals surface area contributed by atoms with Gasteiger partial charge in [-0.1, -0.05) is 13.3 Å². The Morgan fingerprint density at radius 1 is 1.50 bits per heavy atom. The Kier molecular flexibility index (Phi) is 4.90. The van der Waals surface area contributed by atoms with Crippen LogP contribution in [0.25, 0.3) is 0 Å². The first kappa shape index (κ1) is 11.5. The number of hydrogen-bond acceptors (Lipinski definition) is 3. The van der Waals surface area contributed by atoms with Gasteiger partial charge in [-0.15, -0.1) is 0 Å². The number of nitrogens with two attached hydrogens (primary N) is 1. The SMILES string of the molecule is CCCNNC(=O)C1CCCC(N)C1. The van der Waals surface area contributed by atoms with Crippen molar-refractivity contribution in [2.24, 2.45) is 11.7 Å². The van der Waals surface area contributed by atoms with Crippen molar-refractivity contribution in [2.45, 2.75) is 45.1 Å². The number of hydrogen-bond donors (Lipinski definition) is 3. The lowest BCUT2D eigenvalue weighted by Crippen LogP contribution is -2.44. The van der Waals surface area contributed by atoms with E-state index in [-0.39, 0.29) is 17.9 Å². The fourth-order valence-electron chi connectivity index (χ4n) is 1.84. The van der Waals surface area contributed by atoms with Crippen molar-refractivity contribution in [3.63, 3.8) is 0 Å². The minimum atomic E-state index is 0.105. The van der Waals surface area contributed by atoms with Crippen LogP contribution in [-0.2, 0) is 4.79 Å². The van der Waals surface area contributed by atoms with E-state index in [1.165, 1.54) is 0 Å². The second kappa shape index (κ2) is 5.98. The molecule has 0 aromatic rings. The van der Waals surface area contributed by atoms with E-state index in [0.717, 1.165) is 38.6 Å². The normalized spacial score (nSPS) is 27.3. The molecule has 1 saturated carbocycles. The molecule has 4 heteroatoms. The van der Waals surface area contributed by atoms with Crippen molar-refractivity contribution < 1.29 is 4.79 Å². The summed E-state index contributed by atoms with van der Waals surface area (Å²) in [6, 6.07) is 0.214. The average molecular weight is 199 g/mol. The molecule has 1 fully saturated rings. The molecule has 0 aromatic heterocycles. The van der Waals surface area contributed by atoms with Gasteiger partial charge in [0.15, 0.2) is 0 Å². The second-order valence-corrected chi connectivity index (χ2v) is 4.04. The number of nitrogens with one attached hydrogen (secondary N) is 2. The van der Waals surface area contributed by atoms with E-state index in [1.807, 2.05) is 0 Å². The molecule has 0 saturated heterocycles. The molecule has 0 heterocycles. The summed E-state index contributed by atoms with van der Waals surface area (Å²) in [4.78, 5) is 11.6. The van der Waals surface area contributed by atoms with Crippen LogP contribution >= 0.6 is 0 Å². The van der Waals surface area contributed by atoms with Crippen LogP contribution in [0.3, 0.4) is 0 Å². The van der Waals surface area contributed by atoms with E-state index in [2.05, 4.69) is 17.8 Å². The van der Waals surface area contributed by atoms with Gasteiger partial charge in [-0.2, -0.15) is 0 Å². The van der Waals surface area contributed by atoms with Crippen LogP contribution in [0.2, 0.25) is 0 Å². The standard InChI is InChI=1S/C10H21N3O/c1-2-6-12-13-10(14)8-4-3-5-9(11)7-8/h8-9,12H,2-7,11H2,1H3,(H,13,14). The van der Waals surface area contributed by atoms with Gasteiger partial charge < -0.3 is 5.73 Å². The Morgan fingerprint density at radius 3 is 2.93 bits per heavy atom. The summed E-state index contributed by atoms with van der Waals surface area (Å²) in [5.41, 5.74) is 11.5. The number of hydrazine groups is 1. The molecule has 2 atom stereocenters. The zero-order valence-corrected chi connectivity index (χ0v) is 8.88. The Morgan fingerprint density at radius 2 is 2.29 bits per heavy atom. The van der Waals surface area contributed by atoms with Crippen LogP contribution < -0.4 is 16.6 Å². The lowest BCUT2D eigenvalue weighted by Gasteiger charge is -2.25. The first-order valence-electron chi connectivity index (χ1n) is 5.52. The maximum atomic E-state index is 11.6. The van der Waals surface area contributed by atoms with Gasteiger partial charge in [0, 0.05) is 18.5 Å². The van der Waals surface area contributed by atoms with E-state index in [9.17, 15) is 4.79 Å². The average Bonchev–Trinajstić information content (AvgIpc) is 2.18. The molecule has 0 radical (unpaired) electrons. The van der Waals surface area contributed by atoms with Crippen LogP contribution in [0, 0.1) is 5.92 Å². The molecule has 1 aliphatic carbocycles. The molecule has 0 aliphatic heterocycles. The molecule has 82 valence electrons. The highest BCUT2D eigenvalue weighted by molar-refractivity contribution is 5.78. The maximum Gasteiger partial charge on any atom is 0.237 e.